The molecule has 0 aliphatic heterocycles. The van der Waals surface area contributed by atoms with Crippen LogP contribution >= 0.6 is 11.3 Å². The molecule has 4 aromatic rings. The van der Waals surface area contributed by atoms with E-state index in [4.69, 9.17) is 0 Å². The van der Waals surface area contributed by atoms with Crippen molar-refractivity contribution in [3.8, 4) is 5.69 Å². The lowest BCUT2D eigenvalue weighted by molar-refractivity contribution is -0.117. The van der Waals surface area contributed by atoms with E-state index in [0.29, 0.717) is 16.9 Å². The lowest BCUT2D eigenvalue weighted by atomic mass is 10.2. The summed E-state index contributed by atoms with van der Waals surface area (Å²) in [5.74, 6) is -1.45. The highest BCUT2D eigenvalue weighted by Gasteiger charge is 2.19. The highest BCUT2D eigenvalue weighted by molar-refractivity contribution is 7.17. The van der Waals surface area contributed by atoms with E-state index in [1.165, 1.54) is 25.1 Å². The minimum atomic E-state index is -0.817. The molecule has 0 aliphatic carbocycles. The number of hydrogen-bond donors (Lipinski definition) is 2. The van der Waals surface area contributed by atoms with Gasteiger partial charge in [0, 0.05) is 18.3 Å². The normalized spacial score (nSPS) is 10.8. The van der Waals surface area contributed by atoms with Gasteiger partial charge in [0.2, 0.25) is 11.8 Å². The Balaban J connectivity index is 1.69. The number of amides is 2. The molecule has 0 fully saturated rings. The number of carbonyl (C=O) groups excluding carboxylic acids is 2. The van der Waals surface area contributed by atoms with Gasteiger partial charge in [-0.05, 0) is 47.8 Å². The summed E-state index contributed by atoms with van der Waals surface area (Å²) in [5.41, 5.74) is -0.309. The van der Waals surface area contributed by atoms with Crippen LogP contribution in [0.15, 0.2) is 69.6 Å². The summed E-state index contributed by atoms with van der Waals surface area (Å²) >= 11 is 1.11. The lowest BCUT2D eigenvalue weighted by Crippen LogP contribution is -2.40. The number of nitrogens with one attached hydrogen (secondary N) is 2. The van der Waals surface area contributed by atoms with E-state index in [1.807, 2.05) is 0 Å². The van der Waals surface area contributed by atoms with E-state index in [0.717, 1.165) is 26.5 Å². The van der Waals surface area contributed by atoms with E-state index >= 15 is 0 Å². The number of para-hydroxylation sites is 1. The molecule has 8 nitrogen and oxygen atoms in total. The zero-order valence-corrected chi connectivity index (χ0v) is 17.6. The van der Waals surface area contributed by atoms with Crippen LogP contribution in [0, 0.1) is 5.82 Å². The van der Waals surface area contributed by atoms with Crippen molar-refractivity contribution in [2.45, 2.75) is 13.5 Å². The molecule has 0 unspecified atom stereocenters. The van der Waals surface area contributed by atoms with Gasteiger partial charge in [0.1, 0.15) is 17.1 Å². The lowest BCUT2D eigenvalue weighted by Gasteiger charge is -2.13. The quantitative estimate of drug-likeness (QED) is 0.486. The molecule has 0 saturated carbocycles. The molecule has 0 radical (unpaired) electrons. The predicted molar refractivity (Wildman–Crippen MR) is 121 cm³/mol. The van der Waals surface area contributed by atoms with Crippen molar-refractivity contribution in [2.24, 2.45) is 0 Å². The van der Waals surface area contributed by atoms with Crippen molar-refractivity contribution in [1.82, 2.24) is 9.13 Å². The Labute approximate surface area is 184 Å². The fourth-order valence-corrected chi connectivity index (χ4v) is 4.09. The minimum Gasteiger partial charge on any atom is -0.326 e. The van der Waals surface area contributed by atoms with Crippen molar-refractivity contribution < 1.29 is 14.0 Å². The van der Waals surface area contributed by atoms with Crippen LogP contribution in [0.5, 0.6) is 0 Å². The molecule has 4 rings (SSSR count). The van der Waals surface area contributed by atoms with Crippen molar-refractivity contribution in [3.63, 3.8) is 0 Å². The van der Waals surface area contributed by atoms with Gasteiger partial charge in [0.25, 0.3) is 5.56 Å². The Morgan fingerprint density at radius 1 is 0.969 bits per heavy atom. The van der Waals surface area contributed by atoms with E-state index < -0.39 is 23.0 Å². The van der Waals surface area contributed by atoms with E-state index in [9.17, 15) is 23.6 Å². The summed E-state index contributed by atoms with van der Waals surface area (Å²) in [6.07, 6.45) is 0. The van der Waals surface area contributed by atoms with Crippen molar-refractivity contribution in [1.29, 1.82) is 0 Å². The van der Waals surface area contributed by atoms with Crippen molar-refractivity contribution in [2.75, 3.05) is 10.6 Å². The molecule has 0 saturated heterocycles. The van der Waals surface area contributed by atoms with Gasteiger partial charge in [0.15, 0.2) is 0 Å². The van der Waals surface area contributed by atoms with Gasteiger partial charge in [0.05, 0.1) is 11.2 Å². The number of anilines is 2. The Morgan fingerprint density at radius 3 is 2.28 bits per heavy atom. The average Bonchev–Trinajstić information content (AvgIpc) is 3.24. The number of nitrogens with zero attached hydrogens (tertiary/aromatic N) is 2. The fraction of sp³-hybridized carbons (Fsp3) is 0.0909. The zero-order chi connectivity index (χ0) is 22.8. The van der Waals surface area contributed by atoms with Crippen LogP contribution < -0.4 is 21.9 Å². The van der Waals surface area contributed by atoms with Crippen LogP contribution in [0.3, 0.4) is 0 Å². The molecule has 0 bridgehead atoms. The number of aromatic nitrogens is 2. The first-order valence-corrected chi connectivity index (χ1v) is 10.4. The first kappa shape index (κ1) is 21.2. The average molecular weight is 452 g/mol. The van der Waals surface area contributed by atoms with Crippen molar-refractivity contribution in [3.05, 3.63) is 86.6 Å². The Morgan fingerprint density at radius 2 is 1.62 bits per heavy atom. The number of carbonyl (C=O) groups is 2. The maximum absolute atomic E-state index is 14.3. The highest BCUT2D eigenvalue weighted by atomic mass is 32.1. The number of hydrogen-bond acceptors (Lipinski definition) is 5. The molecule has 0 spiro atoms. The summed E-state index contributed by atoms with van der Waals surface area (Å²) in [5, 5.41) is 6.92. The summed E-state index contributed by atoms with van der Waals surface area (Å²) in [4.78, 5) is 49.8. The summed E-state index contributed by atoms with van der Waals surface area (Å²) in [6.45, 7) is 1.01. The Bertz CT molecular complexity index is 1450. The Hall–Kier alpha value is -4.05. The molecule has 162 valence electrons. The van der Waals surface area contributed by atoms with E-state index in [2.05, 4.69) is 10.6 Å². The minimum absolute atomic E-state index is 0.180. The smallest absolute Gasteiger partial charge is 0.326 e. The van der Waals surface area contributed by atoms with Gasteiger partial charge in [-0.25, -0.2) is 13.8 Å². The summed E-state index contributed by atoms with van der Waals surface area (Å²) < 4.78 is 16.5. The second-order valence-electron chi connectivity index (χ2n) is 6.90. The molecule has 2 heterocycles. The van der Waals surface area contributed by atoms with Gasteiger partial charge in [-0.1, -0.05) is 12.1 Å². The molecule has 2 N–H and O–H groups in total. The Kier molecular flexibility index (Phi) is 5.69. The molecule has 32 heavy (non-hydrogen) atoms. The fourth-order valence-electron chi connectivity index (χ4n) is 3.27. The topological polar surface area (TPSA) is 102 Å². The van der Waals surface area contributed by atoms with Gasteiger partial charge in [-0.15, -0.1) is 11.3 Å². The molecule has 2 aromatic heterocycles. The van der Waals surface area contributed by atoms with Crippen molar-refractivity contribution >= 4 is 44.7 Å². The number of fused-ring (bicyclic) bond motifs is 1. The number of halogens is 1. The number of thiophene rings is 1. The van der Waals surface area contributed by atoms with Gasteiger partial charge in [-0.2, -0.15) is 0 Å². The van der Waals surface area contributed by atoms with Gasteiger partial charge in [-0.3, -0.25) is 19.0 Å². The third-order valence-electron chi connectivity index (χ3n) is 4.64. The zero-order valence-electron chi connectivity index (χ0n) is 16.8. The predicted octanol–water partition coefficient (Wildman–Crippen LogP) is 2.95. The standard InChI is InChI=1S/C22H17FN4O4S/c1-13(28)24-14-6-8-15(9-7-14)25-19(29)12-26-18-10-11-32-20(18)21(30)27(22(26)31)17-5-3-2-4-16(17)23/h2-11H,12H2,1H3,(H,24,28)(H,25,29). The van der Waals surface area contributed by atoms with Gasteiger partial charge < -0.3 is 10.6 Å². The third kappa shape index (κ3) is 4.08. The highest BCUT2D eigenvalue weighted by Crippen LogP contribution is 2.18. The molecule has 2 amide bonds. The first-order valence-electron chi connectivity index (χ1n) is 9.50. The molecule has 0 atom stereocenters. The number of benzene rings is 2. The largest absolute Gasteiger partial charge is 0.336 e. The maximum Gasteiger partial charge on any atom is 0.336 e. The second kappa shape index (κ2) is 8.60. The van der Waals surface area contributed by atoms with Crippen LogP contribution in [0.25, 0.3) is 15.9 Å². The monoisotopic (exact) mass is 452 g/mol. The first-order chi connectivity index (χ1) is 15.3. The van der Waals surface area contributed by atoms with Gasteiger partial charge >= 0.3 is 5.69 Å². The molecule has 0 aliphatic rings. The maximum atomic E-state index is 14.3. The molecule has 2 aromatic carbocycles. The summed E-state index contributed by atoms with van der Waals surface area (Å²) in [7, 11) is 0. The summed E-state index contributed by atoms with van der Waals surface area (Å²) in [6, 6.07) is 13.5. The molecular formula is C22H17FN4O4S. The SMILES string of the molecule is CC(=O)Nc1ccc(NC(=O)Cn2c(=O)n(-c3ccccc3F)c(=O)c3sccc32)cc1. The van der Waals surface area contributed by atoms with Crippen LogP contribution in [-0.4, -0.2) is 20.9 Å². The number of rotatable bonds is 5. The van der Waals surface area contributed by atoms with Crippen LogP contribution in [0.4, 0.5) is 15.8 Å². The van der Waals surface area contributed by atoms with Crippen LogP contribution in [0.2, 0.25) is 0 Å². The molecule has 10 heteroatoms. The van der Waals surface area contributed by atoms with Crippen LogP contribution in [0.1, 0.15) is 6.92 Å². The third-order valence-corrected chi connectivity index (χ3v) is 5.53. The second-order valence-corrected chi connectivity index (χ2v) is 7.82. The van der Waals surface area contributed by atoms with Crippen LogP contribution in [-0.2, 0) is 16.1 Å². The van der Waals surface area contributed by atoms with E-state index in [-0.39, 0.29) is 22.8 Å². The van der Waals surface area contributed by atoms with E-state index in [1.54, 1.807) is 35.7 Å². The molecular weight excluding hydrogens is 435 g/mol.